The smallest absolute Gasteiger partial charge is 0.102 e. The number of aliphatic imine (C=N–C) groups is 1. The van der Waals surface area contributed by atoms with Gasteiger partial charge in [-0.25, -0.2) is 4.99 Å². The molecule has 3 heteroatoms. The molecule has 0 aromatic heterocycles. The van der Waals surface area contributed by atoms with Crippen LogP contribution in [0.1, 0.15) is 43.7 Å². The molecule has 0 saturated carbocycles. The van der Waals surface area contributed by atoms with E-state index >= 15 is 0 Å². The van der Waals surface area contributed by atoms with E-state index in [4.69, 9.17) is 4.99 Å². The average Bonchev–Trinajstić information content (AvgIpc) is 2.92. The molecule has 2 aliphatic heterocycles. The van der Waals surface area contributed by atoms with Gasteiger partial charge in [-0.1, -0.05) is 30.3 Å². The Morgan fingerprint density at radius 3 is 2.50 bits per heavy atom. The van der Waals surface area contributed by atoms with E-state index in [-0.39, 0.29) is 0 Å². The zero-order valence-corrected chi connectivity index (χ0v) is 15.3. The molecular weight excluding hydrogens is 294 g/mol. The predicted octanol–water partition coefficient (Wildman–Crippen LogP) is 4.46. The van der Waals surface area contributed by atoms with E-state index in [1.54, 1.807) is 0 Å². The molecular formula is C21H29N3. The van der Waals surface area contributed by atoms with Gasteiger partial charge in [0.05, 0.1) is 5.70 Å². The summed E-state index contributed by atoms with van der Waals surface area (Å²) >= 11 is 0. The SMILES string of the molecule is C=C1/C(=C(\N=C(/C)N2CCCCC2)c2cccc(C)c2)CCN1C. The van der Waals surface area contributed by atoms with Crippen LogP contribution < -0.4 is 0 Å². The van der Waals surface area contributed by atoms with Crippen LogP contribution in [0.5, 0.6) is 0 Å². The molecule has 128 valence electrons. The first-order valence-corrected chi connectivity index (χ1v) is 9.07. The Labute approximate surface area is 146 Å². The Morgan fingerprint density at radius 2 is 1.88 bits per heavy atom. The molecule has 0 unspecified atom stereocenters. The average molecular weight is 323 g/mol. The first-order chi connectivity index (χ1) is 11.6. The number of amidine groups is 1. The summed E-state index contributed by atoms with van der Waals surface area (Å²) in [5.41, 5.74) is 5.99. The maximum Gasteiger partial charge on any atom is 0.102 e. The van der Waals surface area contributed by atoms with Gasteiger partial charge in [-0.3, -0.25) is 0 Å². The molecule has 0 atom stereocenters. The van der Waals surface area contributed by atoms with Crippen LogP contribution in [-0.4, -0.2) is 42.3 Å². The van der Waals surface area contributed by atoms with Crippen LogP contribution in [0, 0.1) is 6.92 Å². The molecule has 1 aromatic carbocycles. The fourth-order valence-corrected chi connectivity index (χ4v) is 3.59. The molecule has 3 rings (SSSR count). The number of nitrogens with zero attached hydrogens (tertiary/aromatic N) is 3. The third-order valence-electron chi connectivity index (χ3n) is 5.17. The monoisotopic (exact) mass is 323 g/mol. The summed E-state index contributed by atoms with van der Waals surface area (Å²) < 4.78 is 0. The van der Waals surface area contributed by atoms with Crippen LogP contribution in [0.15, 0.2) is 47.1 Å². The number of piperidine rings is 1. The normalized spacial score (nSPS) is 21.5. The van der Waals surface area contributed by atoms with E-state index in [2.05, 4.69) is 61.5 Å². The van der Waals surface area contributed by atoms with Gasteiger partial charge >= 0.3 is 0 Å². The minimum absolute atomic E-state index is 1.02. The quantitative estimate of drug-likeness (QED) is 0.591. The van der Waals surface area contributed by atoms with Crippen molar-refractivity contribution in [1.29, 1.82) is 0 Å². The summed E-state index contributed by atoms with van der Waals surface area (Å²) in [6.45, 7) is 11.9. The highest BCUT2D eigenvalue weighted by Gasteiger charge is 2.22. The Bertz CT molecular complexity index is 678. The number of hydrogen-bond acceptors (Lipinski definition) is 2. The van der Waals surface area contributed by atoms with Crippen molar-refractivity contribution in [3.8, 4) is 0 Å². The number of hydrogen-bond donors (Lipinski definition) is 0. The van der Waals surface area contributed by atoms with Gasteiger partial charge in [-0.15, -0.1) is 0 Å². The van der Waals surface area contributed by atoms with Gasteiger partial charge in [0.15, 0.2) is 0 Å². The van der Waals surface area contributed by atoms with Crippen LogP contribution in [-0.2, 0) is 0 Å². The maximum absolute atomic E-state index is 5.11. The van der Waals surface area contributed by atoms with Crippen LogP contribution in [0.4, 0.5) is 0 Å². The van der Waals surface area contributed by atoms with Gasteiger partial charge < -0.3 is 9.80 Å². The molecule has 0 spiro atoms. The molecule has 0 N–H and O–H groups in total. The van der Waals surface area contributed by atoms with Gasteiger partial charge in [0.2, 0.25) is 0 Å². The Kier molecular flexibility index (Phi) is 5.08. The molecule has 2 fully saturated rings. The van der Waals surface area contributed by atoms with E-state index in [9.17, 15) is 0 Å². The molecule has 0 radical (unpaired) electrons. The second-order valence-corrected chi connectivity index (χ2v) is 7.02. The van der Waals surface area contributed by atoms with E-state index in [1.165, 1.54) is 36.0 Å². The lowest BCUT2D eigenvalue weighted by atomic mass is 10.0. The number of allylic oxidation sites excluding steroid dienone is 1. The first-order valence-electron chi connectivity index (χ1n) is 9.07. The number of likely N-dealkylation sites (N-methyl/N-ethyl adjacent to an activating group) is 1. The van der Waals surface area contributed by atoms with Crippen molar-refractivity contribution in [2.75, 3.05) is 26.7 Å². The number of rotatable bonds is 2. The minimum Gasteiger partial charge on any atom is -0.374 e. The van der Waals surface area contributed by atoms with Crippen LogP contribution >= 0.6 is 0 Å². The molecule has 0 amide bonds. The van der Waals surface area contributed by atoms with Crippen molar-refractivity contribution in [2.24, 2.45) is 4.99 Å². The third-order valence-corrected chi connectivity index (χ3v) is 5.17. The Morgan fingerprint density at radius 1 is 1.12 bits per heavy atom. The van der Waals surface area contributed by atoms with Crippen LogP contribution in [0.25, 0.3) is 5.70 Å². The van der Waals surface area contributed by atoms with E-state index in [0.29, 0.717) is 0 Å². The highest BCUT2D eigenvalue weighted by molar-refractivity contribution is 5.88. The van der Waals surface area contributed by atoms with Crippen molar-refractivity contribution in [1.82, 2.24) is 9.80 Å². The largest absolute Gasteiger partial charge is 0.374 e. The zero-order valence-electron chi connectivity index (χ0n) is 15.3. The van der Waals surface area contributed by atoms with Crippen LogP contribution in [0.3, 0.4) is 0 Å². The topological polar surface area (TPSA) is 18.8 Å². The fraction of sp³-hybridized carbons (Fsp3) is 0.476. The number of likely N-dealkylation sites (tertiary alicyclic amines) is 2. The third kappa shape index (κ3) is 3.55. The summed E-state index contributed by atoms with van der Waals surface area (Å²) in [5.74, 6) is 1.14. The van der Waals surface area contributed by atoms with E-state index < -0.39 is 0 Å². The molecule has 0 bridgehead atoms. The predicted molar refractivity (Wildman–Crippen MR) is 103 cm³/mol. The molecule has 2 aliphatic rings. The summed E-state index contributed by atoms with van der Waals surface area (Å²) in [6, 6.07) is 8.68. The van der Waals surface area contributed by atoms with Gasteiger partial charge in [0.25, 0.3) is 0 Å². The van der Waals surface area contributed by atoms with Crippen molar-refractivity contribution in [3.05, 3.63) is 53.2 Å². The second-order valence-electron chi connectivity index (χ2n) is 7.02. The second kappa shape index (κ2) is 7.25. The molecule has 1 aromatic rings. The fourth-order valence-electron chi connectivity index (χ4n) is 3.59. The van der Waals surface area contributed by atoms with Gasteiger partial charge in [0.1, 0.15) is 5.84 Å². The summed E-state index contributed by atoms with van der Waals surface area (Å²) in [4.78, 5) is 9.78. The number of aryl methyl sites for hydroxylation is 1. The molecule has 2 saturated heterocycles. The van der Waals surface area contributed by atoms with Crippen LogP contribution in [0.2, 0.25) is 0 Å². The van der Waals surface area contributed by atoms with Crippen molar-refractivity contribution in [3.63, 3.8) is 0 Å². The highest BCUT2D eigenvalue weighted by atomic mass is 15.2. The van der Waals surface area contributed by atoms with Crippen molar-refractivity contribution >= 4 is 11.5 Å². The molecule has 24 heavy (non-hydrogen) atoms. The lowest BCUT2D eigenvalue weighted by molar-refractivity contribution is 0.341. The number of benzene rings is 1. The summed E-state index contributed by atoms with van der Waals surface area (Å²) in [6.07, 6.45) is 4.92. The Balaban J connectivity index is 2.02. The minimum atomic E-state index is 1.02. The van der Waals surface area contributed by atoms with E-state index in [1.807, 2.05) is 0 Å². The molecule has 2 heterocycles. The van der Waals surface area contributed by atoms with Gasteiger partial charge in [-0.2, -0.15) is 0 Å². The highest BCUT2D eigenvalue weighted by Crippen LogP contribution is 2.33. The maximum atomic E-state index is 5.11. The molecule has 3 nitrogen and oxygen atoms in total. The summed E-state index contributed by atoms with van der Waals surface area (Å²) in [5, 5.41) is 0. The summed E-state index contributed by atoms with van der Waals surface area (Å²) in [7, 11) is 2.12. The van der Waals surface area contributed by atoms with Gasteiger partial charge in [0, 0.05) is 43.5 Å². The van der Waals surface area contributed by atoms with Crippen molar-refractivity contribution < 1.29 is 0 Å². The Hall–Kier alpha value is -2.03. The van der Waals surface area contributed by atoms with Crippen molar-refractivity contribution in [2.45, 2.75) is 39.5 Å². The first kappa shape index (κ1) is 16.8. The zero-order chi connectivity index (χ0) is 17.1. The standard InChI is InChI=1S/C21H29N3/c1-16-9-8-10-19(15-16)21(20-11-14-23(4)17(20)2)22-18(3)24-12-6-5-7-13-24/h8-10,15H,2,5-7,11-14H2,1,3-4H3/b21-20-,22-18+. The van der Waals surface area contributed by atoms with E-state index in [0.717, 1.165) is 43.3 Å². The van der Waals surface area contributed by atoms with Gasteiger partial charge in [-0.05, 0) is 45.6 Å². The lowest BCUT2D eigenvalue weighted by Gasteiger charge is -2.28. The lowest BCUT2D eigenvalue weighted by Crippen LogP contribution is -2.34. The molecule has 0 aliphatic carbocycles.